The molecule has 1 aromatic rings. The third kappa shape index (κ3) is 5.10. The van der Waals surface area contributed by atoms with Gasteiger partial charge in [0.25, 0.3) is 5.91 Å². The molecule has 4 amide bonds. The predicted molar refractivity (Wildman–Crippen MR) is 96.7 cm³/mol. The van der Waals surface area contributed by atoms with Crippen molar-refractivity contribution in [1.82, 2.24) is 10.6 Å². The molecule has 0 atom stereocenters. The topological polar surface area (TPSA) is 110 Å². The van der Waals surface area contributed by atoms with Gasteiger partial charge in [0, 0.05) is 37.1 Å². The highest BCUT2D eigenvalue weighted by molar-refractivity contribution is 5.95. The molecule has 2 aliphatic heterocycles. The van der Waals surface area contributed by atoms with Crippen LogP contribution in [0.25, 0.3) is 0 Å². The number of ether oxygens (including phenoxy) is 2. The number of anilines is 1. The first-order valence-corrected chi connectivity index (χ1v) is 9.17. The van der Waals surface area contributed by atoms with E-state index in [2.05, 4.69) is 16.0 Å². The number of carbonyl (C=O) groups is 3. The van der Waals surface area contributed by atoms with Crippen LogP contribution < -0.4 is 30.3 Å². The number of amides is 4. The van der Waals surface area contributed by atoms with Crippen molar-refractivity contribution in [3.8, 4) is 11.5 Å². The zero-order valence-corrected chi connectivity index (χ0v) is 15.3. The molecule has 0 aliphatic carbocycles. The van der Waals surface area contributed by atoms with Gasteiger partial charge in [-0.15, -0.1) is 0 Å². The van der Waals surface area contributed by atoms with Gasteiger partial charge in [-0.05, 0) is 19.1 Å². The summed E-state index contributed by atoms with van der Waals surface area (Å²) in [6.07, 6.45) is 1.39. The third-order valence-corrected chi connectivity index (χ3v) is 4.70. The number of piperidine rings is 1. The average Bonchev–Trinajstić information content (AvgIpc) is 3.10. The van der Waals surface area contributed by atoms with Crippen molar-refractivity contribution in [2.75, 3.05) is 38.3 Å². The van der Waals surface area contributed by atoms with Gasteiger partial charge in [-0.1, -0.05) is 0 Å². The van der Waals surface area contributed by atoms with Gasteiger partial charge in [0.2, 0.25) is 12.7 Å². The highest BCUT2D eigenvalue weighted by atomic mass is 16.7. The largest absolute Gasteiger partial charge is 0.454 e. The van der Waals surface area contributed by atoms with Crippen LogP contribution in [0.4, 0.5) is 10.5 Å². The first kappa shape index (κ1) is 19.0. The highest BCUT2D eigenvalue weighted by Gasteiger charge is 2.29. The van der Waals surface area contributed by atoms with Gasteiger partial charge < -0.3 is 25.0 Å². The second-order valence-electron chi connectivity index (χ2n) is 6.67. The Labute approximate surface area is 157 Å². The summed E-state index contributed by atoms with van der Waals surface area (Å²) >= 11 is 0. The summed E-state index contributed by atoms with van der Waals surface area (Å²) in [6.45, 7) is 4.10. The summed E-state index contributed by atoms with van der Waals surface area (Å²) in [4.78, 5) is 36.8. The van der Waals surface area contributed by atoms with Crippen molar-refractivity contribution < 1.29 is 28.8 Å². The molecule has 0 saturated carbocycles. The van der Waals surface area contributed by atoms with Crippen molar-refractivity contribution in [2.24, 2.45) is 5.92 Å². The van der Waals surface area contributed by atoms with Crippen LogP contribution in [0, 0.1) is 5.92 Å². The van der Waals surface area contributed by atoms with Gasteiger partial charge in [0.15, 0.2) is 18.0 Å². The van der Waals surface area contributed by atoms with Crippen molar-refractivity contribution in [1.29, 1.82) is 0 Å². The Morgan fingerprint density at radius 2 is 1.89 bits per heavy atom. The molecule has 2 heterocycles. The quantitative estimate of drug-likeness (QED) is 0.553. The van der Waals surface area contributed by atoms with Crippen LogP contribution in [0.15, 0.2) is 18.2 Å². The summed E-state index contributed by atoms with van der Waals surface area (Å²) in [6, 6.07) is 4.85. The molecule has 9 nitrogen and oxygen atoms in total. The first-order valence-electron chi connectivity index (χ1n) is 9.17. The Morgan fingerprint density at radius 1 is 1.15 bits per heavy atom. The smallest absolute Gasteiger partial charge is 0.321 e. The lowest BCUT2D eigenvalue weighted by Crippen LogP contribution is -3.14. The van der Waals surface area contributed by atoms with E-state index in [1.807, 2.05) is 0 Å². The minimum atomic E-state index is -0.472. The van der Waals surface area contributed by atoms with Crippen LogP contribution in [0.2, 0.25) is 0 Å². The summed E-state index contributed by atoms with van der Waals surface area (Å²) < 4.78 is 10.6. The first-order chi connectivity index (χ1) is 13.0. The number of benzene rings is 1. The predicted octanol–water partition coefficient (Wildman–Crippen LogP) is -0.506. The number of nitrogens with one attached hydrogen (secondary N) is 4. The molecule has 146 valence electrons. The maximum atomic E-state index is 12.5. The Kier molecular flexibility index (Phi) is 6.12. The summed E-state index contributed by atoms with van der Waals surface area (Å²) in [5.74, 6) is 0.880. The zero-order chi connectivity index (χ0) is 19.2. The summed E-state index contributed by atoms with van der Waals surface area (Å²) in [7, 11) is 0. The molecule has 1 fully saturated rings. The van der Waals surface area contributed by atoms with Gasteiger partial charge in [0.05, 0.1) is 13.1 Å². The van der Waals surface area contributed by atoms with E-state index in [1.165, 1.54) is 0 Å². The lowest BCUT2D eigenvalue weighted by molar-refractivity contribution is -0.897. The minimum absolute atomic E-state index is 0.0281. The van der Waals surface area contributed by atoms with Crippen molar-refractivity contribution >= 4 is 23.5 Å². The number of likely N-dealkylation sites (tertiary alicyclic amines) is 1. The fraction of sp³-hybridized carbons (Fsp3) is 0.500. The van der Waals surface area contributed by atoms with E-state index in [0.29, 0.717) is 49.7 Å². The lowest BCUT2D eigenvalue weighted by atomic mass is 9.96. The standard InChI is InChI=1S/C18H24N4O5/c1-2-19-18(25)21-16(23)10-22-7-5-12(6-8-22)17(24)20-13-3-4-14-15(9-13)27-11-26-14/h3-4,9,12H,2,5-8,10-11H2,1H3,(H,20,24)(H2,19,21,23,25)/p+1. The Morgan fingerprint density at radius 3 is 2.63 bits per heavy atom. The molecule has 4 N–H and O–H groups in total. The molecule has 0 radical (unpaired) electrons. The van der Waals surface area contributed by atoms with Crippen LogP contribution in [-0.4, -0.2) is 50.8 Å². The van der Waals surface area contributed by atoms with Gasteiger partial charge in [0.1, 0.15) is 0 Å². The number of hydrogen-bond acceptors (Lipinski definition) is 5. The van der Waals surface area contributed by atoms with E-state index in [9.17, 15) is 14.4 Å². The molecule has 9 heteroatoms. The van der Waals surface area contributed by atoms with Gasteiger partial charge in [-0.3, -0.25) is 14.9 Å². The van der Waals surface area contributed by atoms with E-state index in [0.717, 1.165) is 4.90 Å². The van der Waals surface area contributed by atoms with Crippen molar-refractivity contribution in [3.63, 3.8) is 0 Å². The van der Waals surface area contributed by atoms with E-state index in [4.69, 9.17) is 9.47 Å². The average molecular weight is 377 g/mol. The van der Waals surface area contributed by atoms with Crippen LogP contribution in [-0.2, 0) is 9.59 Å². The highest BCUT2D eigenvalue weighted by Crippen LogP contribution is 2.34. The van der Waals surface area contributed by atoms with E-state index in [-0.39, 0.29) is 31.1 Å². The number of carbonyl (C=O) groups excluding carboxylic acids is 3. The third-order valence-electron chi connectivity index (χ3n) is 4.70. The molecular weight excluding hydrogens is 352 g/mol. The van der Waals surface area contributed by atoms with Gasteiger partial charge in [-0.2, -0.15) is 0 Å². The van der Waals surface area contributed by atoms with Crippen LogP contribution in [0.1, 0.15) is 19.8 Å². The molecule has 2 aliphatic rings. The van der Waals surface area contributed by atoms with E-state index < -0.39 is 6.03 Å². The minimum Gasteiger partial charge on any atom is -0.454 e. The van der Waals surface area contributed by atoms with Gasteiger partial charge >= 0.3 is 6.03 Å². The molecule has 1 saturated heterocycles. The second kappa shape index (κ2) is 8.72. The number of fused-ring (bicyclic) bond motifs is 1. The Balaban J connectivity index is 1.42. The van der Waals surface area contributed by atoms with Crippen LogP contribution >= 0.6 is 0 Å². The van der Waals surface area contributed by atoms with Crippen molar-refractivity contribution in [2.45, 2.75) is 19.8 Å². The number of imide groups is 1. The molecule has 27 heavy (non-hydrogen) atoms. The molecule has 0 spiro atoms. The normalized spacial score (nSPS) is 20.6. The van der Waals surface area contributed by atoms with E-state index >= 15 is 0 Å². The summed E-state index contributed by atoms with van der Waals surface area (Å²) in [5, 5.41) is 7.75. The molecule has 3 rings (SSSR count). The second-order valence-corrected chi connectivity index (χ2v) is 6.67. The van der Waals surface area contributed by atoms with E-state index in [1.54, 1.807) is 25.1 Å². The molecule has 0 bridgehead atoms. The molecule has 0 unspecified atom stereocenters. The fourth-order valence-corrected chi connectivity index (χ4v) is 3.29. The number of rotatable bonds is 5. The van der Waals surface area contributed by atoms with Crippen molar-refractivity contribution in [3.05, 3.63) is 18.2 Å². The number of quaternary nitrogens is 1. The number of hydrogen-bond donors (Lipinski definition) is 4. The van der Waals surface area contributed by atoms with Crippen LogP contribution in [0.3, 0.4) is 0 Å². The maximum absolute atomic E-state index is 12.5. The molecular formula is C18H25N4O5+. The van der Waals surface area contributed by atoms with Crippen LogP contribution in [0.5, 0.6) is 11.5 Å². The maximum Gasteiger partial charge on any atom is 0.321 e. The monoisotopic (exact) mass is 377 g/mol. The SMILES string of the molecule is CCNC(=O)NC(=O)C[NH+]1CCC(C(=O)Nc2ccc3c(c2)OCO3)CC1. The Hall–Kier alpha value is -2.81. The van der Waals surface area contributed by atoms with Gasteiger partial charge in [-0.25, -0.2) is 4.79 Å². The fourth-order valence-electron chi connectivity index (χ4n) is 3.29. The number of urea groups is 1. The summed E-state index contributed by atoms with van der Waals surface area (Å²) in [5.41, 5.74) is 0.681. The lowest BCUT2D eigenvalue weighted by Gasteiger charge is -2.28. The zero-order valence-electron chi connectivity index (χ0n) is 15.3. The Bertz CT molecular complexity index is 716. The molecule has 1 aromatic carbocycles. The molecule has 0 aromatic heterocycles.